The molecule has 0 unspecified atom stereocenters. The van der Waals surface area contributed by atoms with Crippen LogP contribution >= 0.6 is 11.6 Å². The lowest BCUT2D eigenvalue weighted by molar-refractivity contribution is 0.0730. The first-order chi connectivity index (χ1) is 12.4. The maximum Gasteiger partial charge on any atom is 0.255 e. The number of carbonyl (C=O) groups is 1. The van der Waals surface area contributed by atoms with Crippen LogP contribution in [-0.2, 0) is 14.8 Å². The van der Waals surface area contributed by atoms with Crippen LogP contribution in [0.5, 0.6) is 0 Å². The van der Waals surface area contributed by atoms with Crippen molar-refractivity contribution in [3.63, 3.8) is 0 Å². The fraction of sp³-hybridized carbons (Fsp3) is 0.278. The van der Waals surface area contributed by atoms with E-state index in [4.69, 9.17) is 16.3 Å². The molecule has 8 heteroatoms. The van der Waals surface area contributed by atoms with E-state index in [2.05, 4.69) is 5.32 Å². The number of nitrogens with zero attached hydrogens (tertiary/aromatic N) is 1. The summed E-state index contributed by atoms with van der Waals surface area (Å²) in [6.07, 6.45) is 0. The molecule has 2 aromatic rings. The van der Waals surface area contributed by atoms with Crippen molar-refractivity contribution in [3.05, 3.63) is 58.6 Å². The van der Waals surface area contributed by atoms with E-state index in [-0.39, 0.29) is 28.9 Å². The molecule has 26 heavy (non-hydrogen) atoms. The molecule has 1 aliphatic rings. The van der Waals surface area contributed by atoms with Gasteiger partial charge in [-0.15, -0.1) is 0 Å². The van der Waals surface area contributed by atoms with Crippen LogP contribution in [0.25, 0.3) is 0 Å². The van der Waals surface area contributed by atoms with Crippen LogP contribution in [0.2, 0.25) is 5.02 Å². The monoisotopic (exact) mass is 394 g/mol. The minimum Gasteiger partial charge on any atom is -0.379 e. The normalized spacial score (nSPS) is 15.6. The molecular formula is C18H19ClN2O4S. The first-order valence-corrected chi connectivity index (χ1v) is 9.95. The molecule has 1 N–H and O–H groups in total. The van der Waals surface area contributed by atoms with Gasteiger partial charge >= 0.3 is 0 Å². The highest BCUT2D eigenvalue weighted by Gasteiger charge is 2.28. The van der Waals surface area contributed by atoms with E-state index < -0.39 is 10.0 Å². The summed E-state index contributed by atoms with van der Waals surface area (Å²) in [5.74, 6) is -0.314. The van der Waals surface area contributed by atoms with Crippen LogP contribution in [0, 0.1) is 6.92 Å². The van der Waals surface area contributed by atoms with Gasteiger partial charge in [-0.25, -0.2) is 8.42 Å². The molecular weight excluding hydrogens is 376 g/mol. The number of sulfonamides is 1. The van der Waals surface area contributed by atoms with Crippen molar-refractivity contribution in [2.45, 2.75) is 11.8 Å². The fourth-order valence-corrected chi connectivity index (χ4v) is 4.60. The van der Waals surface area contributed by atoms with Gasteiger partial charge < -0.3 is 10.1 Å². The average molecular weight is 395 g/mol. The zero-order valence-corrected chi connectivity index (χ0v) is 15.8. The summed E-state index contributed by atoms with van der Waals surface area (Å²) >= 11 is 6.12. The van der Waals surface area contributed by atoms with E-state index in [9.17, 15) is 13.2 Å². The maximum atomic E-state index is 12.8. The molecule has 1 fully saturated rings. The summed E-state index contributed by atoms with van der Waals surface area (Å²) < 4.78 is 32.2. The molecule has 2 aromatic carbocycles. The van der Waals surface area contributed by atoms with E-state index in [1.807, 2.05) is 13.0 Å². The molecule has 3 rings (SSSR count). The van der Waals surface area contributed by atoms with Crippen molar-refractivity contribution >= 4 is 33.2 Å². The van der Waals surface area contributed by atoms with Gasteiger partial charge in [0.1, 0.15) is 4.90 Å². The Morgan fingerprint density at radius 3 is 2.58 bits per heavy atom. The predicted molar refractivity (Wildman–Crippen MR) is 100 cm³/mol. The second-order valence-electron chi connectivity index (χ2n) is 5.99. The van der Waals surface area contributed by atoms with E-state index >= 15 is 0 Å². The number of aryl methyl sites for hydroxylation is 1. The van der Waals surface area contributed by atoms with E-state index in [0.29, 0.717) is 24.5 Å². The third-order valence-electron chi connectivity index (χ3n) is 4.06. The van der Waals surface area contributed by atoms with Crippen LogP contribution in [-0.4, -0.2) is 44.9 Å². The van der Waals surface area contributed by atoms with Gasteiger partial charge in [-0.1, -0.05) is 29.3 Å². The summed E-state index contributed by atoms with van der Waals surface area (Å²) in [4.78, 5) is 12.4. The maximum absolute atomic E-state index is 12.8. The summed E-state index contributed by atoms with van der Waals surface area (Å²) in [7, 11) is -3.75. The smallest absolute Gasteiger partial charge is 0.255 e. The average Bonchev–Trinajstić information content (AvgIpc) is 2.64. The largest absolute Gasteiger partial charge is 0.379 e. The van der Waals surface area contributed by atoms with Gasteiger partial charge in [0.2, 0.25) is 10.0 Å². The molecule has 1 heterocycles. The standard InChI is InChI=1S/C18H19ClN2O4S/c1-13-3-2-4-14(11-13)18(22)20-15-5-6-16(19)17(12-15)26(23,24)21-7-9-25-10-8-21/h2-6,11-12H,7-10H2,1H3,(H,20,22). The molecule has 0 bridgehead atoms. The topological polar surface area (TPSA) is 75.7 Å². The second-order valence-corrected chi connectivity index (χ2v) is 8.30. The first kappa shape index (κ1) is 18.8. The third-order valence-corrected chi connectivity index (χ3v) is 6.44. The molecule has 0 spiro atoms. The highest BCUT2D eigenvalue weighted by atomic mass is 35.5. The van der Waals surface area contributed by atoms with Gasteiger partial charge in [0.25, 0.3) is 5.91 Å². The highest BCUT2D eigenvalue weighted by Crippen LogP contribution is 2.28. The number of morpholine rings is 1. The van der Waals surface area contributed by atoms with Crippen LogP contribution in [0.15, 0.2) is 47.4 Å². The molecule has 0 atom stereocenters. The van der Waals surface area contributed by atoms with E-state index in [1.54, 1.807) is 24.3 Å². The Morgan fingerprint density at radius 1 is 1.15 bits per heavy atom. The zero-order valence-electron chi connectivity index (χ0n) is 14.2. The molecule has 0 radical (unpaired) electrons. The van der Waals surface area contributed by atoms with Gasteiger partial charge in [-0.2, -0.15) is 4.31 Å². The minimum absolute atomic E-state index is 0.0249. The van der Waals surface area contributed by atoms with Crippen LogP contribution < -0.4 is 5.32 Å². The highest BCUT2D eigenvalue weighted by molar-refractivity contribution is 7.89. The molecule has 1 amide bonds. The van der Waals surface area contributed by atoms with Crippen molar-refractivity contribution in [1.29, 1.82) is 0 Å². The number of carbonyl (C=O) groups excluding carboxylic acids is 1. The Labute approximate surface area is 157 Å². The summed E-state index contributed by atoms with van der Waals surface area (Å²) in [6.45, 7) is 3.14. The number of halogens is 1. The number of anilines is 1. The molecule has 6 nitrogen and oxygen atoms in total. The number of nitrogens with one attached hydrogen (secondary N) is 1. The van der Waals surface area contributed by atoms with Crippen LogP contribution in [0.3, 0.4) is 0 Å². The Hall–Kier alpha value is -1.93. The Bertz CT molecular complexity index is 925. The van der Waals surface area contributed by atoms with Crippen LogP contribution in [0.1, 0.15) is 15.9 Å². The predicted octanol–water partition coefficient (Wildman–Crippen LogP) is 2.92. The Morgan fingerprint density at radius 2 is 1.88 bits per heavy atom. The zero-order chi connectivity index (χ0) is 18.7. The van der Waals surface area contributed by atoms with Crippen molar-refractivity contribution in [2.75, 3.05) is 31.6 Å². The van der Waals surface area contributed by atoms with Crippen molar-refractivity contribution in [2.24, 2.45) is 0 Å². The van der Waals surface area contributed by atoms with Crippen molar-refractivity contribution in [1.82, 2.24) is 4.31 Å². The van der Waals surface area contributed by atoms with Crippen molar-refractivity contribution in [3.8, 4) is 0 Å². The number of amides is 1. The van der Waals surface area contributed by atoms with Crippen molar-refractivity contribution < 1.29 is 17.9 Å². The van der Waals surface area contributed by atoms with Gasteiger partial charge in [0, 0.05) is 24.3 Å². The molecule has 1 aliphatic heterocycles. The summed E-state index contributed by atoms with van der Waals surface area (Å²) in [5.41, 5.74) is 1.83. The quantitative estimate of drug-likeness (QED) is 0.865. The SMILES string of the molecule is Cc1cccc(C(=O)Nc2ccc(Cl)c(S(=O)(=O)N3CCOCC3)c2)c1. The minimum atomic E-state index is -3.75. The number of rotatable bonds is 4. The fourth-order valence-electron chi connectivity index (χ4n) is 2.69. The van der Waals surface area contributed by atoms with Gasteiger partial charge in [-0.3, -0.25) is 4.79 Å². The number of hydrogen-bond donors (Lipinski definition) is 1. The van der Waals surface area contributed by atoms with E-state index in [1.165, 1.54) is 16.4 Å². The summed E-state index contributed by atoms with van der Waals surface area (Å²) in [6, 6.07) is 11.6. The Kier molecular flexibility index (Phi) is 5.62. The van der Waals surface area contributed by atoms with Gasteiger partial charge in [0.05, 0.1) is 18.2 Å². The summed E-state index contributed by atoms with van der Waals surface area (Å²) in [5, 5.41) is 2.84. The lowest BCUT2D eigenvalue weighted by atomic mass is 10.1. The van der Waals surface area contributed by atoms with Gasteiger partial charge in [-0.05, 0) is 37.3 Å². The first-order valence-electron chi connectivity index (χ1n) is 8.13. The van der Waals surface area contributed by atoms with E-state index in [0.717, 1.165) is 5.56 Å². The molecule has 0 saturated carbocycles. The molecule has 0 aliphatic carbocycles. The third kappa shape index (κ3) is 4.07. The number of ether oxygens (including phenoxy) is 1. The molecule has 0 aromatic heterocycles. The second kappa shape index (κ2) is 7.75. The lowest BCUT2D eigenvalue weighted by Gasteiger charge is -2.26. The number of hydrogen-bond acceptors (Lipinski definition) is 4. The molecule has 138 valence electrons. The molecule has 1 saturated heterocycles. The van der Waals surface area contributed by atoms with Gasteiger partial charge in [0.15, 0.2) is 0 Å². The number of benzene rings is 2. The van der Waals surface area contributed by atoms with Crippen LogP contribution in [0.4, 0.5) is 5.69 Å². The lowest BCUT2D eigenvalue weighted by Crippen LogP contribution is -2.40. The Balaban J connectivity index is 1.86.